The van der Waals surface area contributed by atoms with Gasteiger partial charge in [-0.2, -0.15) is 0 Å². The van der Waals surface area contributed by atoms with Gasteiger partial charge in [0.1, 0.15) is 48.8 Å². The SMILES string of the molecule is CCCCCCCCCCCCCCCCCCCCCCCCCCCCC(O)C(COC1OC(CO)C(OC2OC(CO)C(O)C(O)C2O)C(O)C1O)NC(C)=O. The fourth-order valence-electron chi connectivity index (χ4n) is 8.27. The van der Waals surface area contributed by atoms with Crippen molar-refractivity contribution in [3.63, 3.8) is 0 Å². The third kappa shape index (κ3) is 22.3. The van der Waals surface area contributed by atoms with Crippen LogP contribution >= 0.6 is 0 Å². The summed E-state index contributed by atoms with van der Waals surface area (Å²) in [5.41, 5.74) is 0. The Balaban J connectivity index is 1.51. The predicted molar refractivity (Wildman–Crippen MR) is 226 cm³/mol. The Hall–Kier alpha value is -1.01. The van der Waals surface area contributed by atoms with Gasteiger partial charge < -0.3 is 65.1 Å². The summed E-state index contributed by atoms with van der Waals surface area (Å²) in [7, 11) is 0. The van der Waals surface area contributed by atoms with Crippen LogP contribution < -0.4 is 5.32 Å². The average Bonchev–Trinajstić information content (AvgIpc) is 3.22. The maximum absolute atomic E-state index is 11.9. The molecule has 0 saturated carbocycles. The molecule has 12 atom stereocenters. The molecule has 2 heterocycles. The number of ether oxygens (including phenoxy) is 4. The van der Waals surface area contributed by atoms with Crippen LogP contribution in [-0.4, -0.2) is 140 Å². The van der Waals surface area contributed by atoms with E-state index in [1.807, 2.05) is 0 Å². The van der Waals surface area contributed by atoms with Gasteiger partial charge in [-0.3, -0.25) is 4.79 Å². The molecule has 0 spiro atoms. The fourth-order valence-corrected chi connectivity index (χ4v) is 8.27. The molecule has 0 bridgehead atoms. The smallest absolute Gasteiger partial charge is 0.217 e. The molecule has 14 nitrogen and oxygen atoms in total. The van der Waals surface area contributed by atoms with Gasteiger partial charge in [0.25, 0.3) is 0 Å². The summed E-state index contributed by atoms with van der Waals surface area (Å²) >= 11 is 0. The minimum absolute atomic E-state index is 0.259. The highest BCUT2D eigenvalue weighted by molar-refractivity contribution is 5.73. The molecule has 0 aromatic carbocycles. The molecule has 350 valence electrons. The van der Waals surface area contributed by atoms with E-state index in [0.29, 0.717) is 6.42 Å². The molecule has 12 unspecified atom stereocenters. The van der Waals surface area contributed by atoms with Crippen LogP contribution in [0.1, 0.15) is 187 Å². The first-order valence-corrected chi connectivity index (χ1v) is 23.7. The molecule has 2 aliphatic rings. The Kier molecular flexibility index (Phi) is 30.8. The number of carbonyl (C=O) groups excluding carboxylic acids is 1. The van der Waals surface area contributed by atoms with E-state index in [2.05, 4.69) is 12.2 Å². The molecule has 0 aromatic rings. The van der Waals surface area contributed by atoms with Gasteiger partial charge in [-0.1, -0.05) is 174 Å². The Morgan fingerprint density at radius 1 is 0.542 bits per heavy atom. The minimum Gasteiger partial charge on any atom is -0.394 e. The summed E-state index contributed by atoms with van der Waals surface area (Å²) < 4.78 is 22.3. The van der Waals surface area contributed by atoms with Crippen molar-refractivity contribution in [1.29, 1.82) is 0 Å². The quantitative estimate of drug-likeness (QED) is 0.0377. The number of rotatable bonds is 36. The number of nitrogens with one attached hydrogen (secondary N) is 1. The number of amides is 1. The summed E-state index contributed by atoms with van der Waals surface area (Å²) in [6, 6.07) is -0.824. The maximum atomic E-state index is 11.9. The molecule has 0 aliphatic carbocycles. The Morgan fingerprint density at radius 2 is 0.932 bits per heavy atom. The van der Waals surface area contributed by atoms with Crippen molar-refractivity contribution >= 4 is 5.91 Å². The van der Waals surface area contributed by atoms with Gasteiger partial charge in [-0.25, -0.2) is 0 Å². The zero-order valence-corrected chi connectivity index (χ0v) is 36.8. The van der Waals surface area contributed by atoms with Crippen molar-refractivity contribution in [2.75, 3.05) is 19.8 Å². The second-order valence-electron chi connectivity index (χ2n) is 17.3. The number of hydrogen-bond acceptors (Lipinski definition) is 13. The van der Waals surface area contributed by atoms with Crippen LogP contribution in [0.5, 0.6) is 0 Å². The molecule has 59 heavy (non-hydrogen) atoms. The summed E-state index contributed by atoms with van der Waals surface area (Å²) in [5, 5.41) is 85.2. The Morgan fingerprint density at radius 3 is 1.34 bits per heavy atom. The van der Waals surface area contributed by atoms with Crippen LogP contribution in [0.15, 0.2) is 0 Å². The van der Waals surface area contributed by atoms with Gasteiger partial charge in [0, 0.05) is 6.92 Å². The van der Waals surface area contributed by atoms with Crippen LogP contribution in [0.2, 0.25) is 0 Å². The third-order valence-electron chi connectivity index (χ3n) is 12.1. The Bertz CT molecular complexity index is 1010. The number of carbonyl (C=O) groups is 1. The molecule has 0 aromatic heterocycles. The summed E-state index contributed by atoms with van der Waals surface area (Å²) in [5.74, 6) is -0.381. The lowest BCUT2D eigenvalue weighted by Crippen LogP contribution is -2.65. The highest BCUT2D eigenvalue weighted by Gasteiger charge is 2.50. The first-order valence-electron chi connectivity index (χ1n) is 23.7. The first-order chi connectivity index (χ1) is 28.5. The lowest BCUT2D eigenvalue weighted by Gasteiger charge is -2.46. The summed E-state index contributed by atoms with van der Waals surface area (Å²) in [4.78, 5) is 11.9. The lowest BCUT2D eigenvalue weighted by molar-refractivity contribution is -0.359. The van der Waals surface area contributed by atoms with Crippen LogP contribution in [0.4, 0.5) is 0 Å². The van der Waals surface area contributed by atoms with Crippen molar-refractivity contribution in [3.8, 4) is 0 Å². The van der Waals surface area contributed by atoms with Crippen molar-refractivity contribution < 1.29 is 64.6 Å². The summed E-state index contributed by atoms with van der Waals surface area (Å²) in [6.07, 6.45) is 18.0. The number of hydrogen-bond donors (Lipinski definition) is 9. The van der Waals surface area contributed by atoms with E-state index in [4.69, 9.17) is 18.9 Å². The molecule has 9 N–H and O–H groups in total. The van der Waals surface area contributed by atoms with Crippen LogP contribution in [0.25, 0.3) is 0 Å². The van der Waals surface area contributed by atoms with Crippen molar-refractivity contribution in [2.24, 2.45) is 0 Å². The lowest BCUT2D eigenvalue weighted by atomic mass is 9.97. The van der Waals surface area contributed by atoms with Gasteiger partial charge >= 0.3 is 0 Å². The molecular weight excluding hydrogens is 762 g/mol. The molecule has 2 saturated heterocycles. The molecule has 2 fully saturated rings. The summed E-state index contributed by atoms with van der Waals surface area (Å²) in [6.45, 7) is 1.94. The molecule has 1 amide bonds. The van der Waals surface area contributed by atoms with Crippen molar-refractivity contribution in [3.05, 3.63) is 0 Å². The largest absolute Gasteiger partial charge is 0.394 e. The fraction of sp³-hybridized carbons (Fsp3) is 0.978. The van der Waals surface area contributed by atoms with E-state index in [-0.39, 0.29) is 12.5 Å². The highest BCUT2D eigenvalue weighted by atomic mass is 16.7. The van der Waals surface area contributed by atoms with Crippen LogP contribution in [0, 0.1) is 0 Å². The zero-order chi connectivity index (χ0) is 43.3. The topological polar surface area (TPSA) is 228 Å². The number of aliphatic hydroxyl groups excluding tert-OH is 8. The molecular formula is C45H87NO13. The number of unbranched alkanes of at least 4 members (excludes halogenated alkanes) is 25. The number of aliphatic hydroxyl groups is 8. The zero-order valence-electron chi connectivity index (χ0n) is 36.8. The van der Waals surface area contributed by atoms with Gasteiger partial charge in [0.15, 0.2) is 12.6 Å². The van der Waals surface area contributed by atoms with E-state index in [1.165, 1.54) is 148 Å². The van der Waals surface area contributed by atoms with E-state index >= 15 is 0 Å². The predicted octanol–water partition coefficient (Wildman–Crippen LogP) is 5.05. The van der Waals surface area contributed by atoms with E-state index in [1.54, 1.807) is 0 Å². The average molecular weight is 850 g/mol. The van der Waals surface area contributed by atoms with E-state index < -0.39 is 86.8 Å². The van der Waals surface area contributed by atoms with Crippen molar-refractivity contribution in [2.45, 2.75) is 261 Å². The van der Waals surface area contributed by atoms with Gasteiger partial charge in [0.2, 0.25) is 5.91 Å². The van der Waals surface area contributed by atoms with E-state index in [9.17, 15) is 45.6 Å². The van der Waals surface area contributed by atoms with E-state index in [0.717, 1.165) is 25.7 Å². The van der Waals surface area contributed by atoms with Crippen molar-refractivity contribution in [1.82, 2.24) is 5.32 Å². The normalized spacial score (nSPS) is 28.4. The molecule has 14 heteroatoms. The standard InChI is InChI=1S/C45H87NO13/c1-3-4-5-6-7-8-9-10-11-12-13-14-15-16-17-18-19-20-21-22-23-24-25-26-27-28-29-35(50)34(46-33(2)49)32-56-44-42(55)40(53)43(37(31-48)58-44)59-45-41(54)39(52)38(51)36(30-47)57-45/h34-45,47-48,50-55H,3-32H2,1-2H3,(H,46,49). The first kappa shape index (κ1) is 54.1. The maximum Gasteiger partial charge on any atom is 0.217 e. The van der Waals surface area contributed by atoms with Crippen LogP contribution in [-0.2, 0) is 23.7 Å². The second kappa shape index (κ2) is 33.5. The molecule has 0 radical (unpaired) electrons. The third-order valence-corrected chi connectivity index (χ3v) is 12.1. The minimum atomic E-state index is -1.77. The molecule has 2 rings (SSSR count). The van der Waals surface area contributed by atoms with Gasteiger partial charge in [-0.15, -0.1) is 0 Å². The van der Waals surface area contributed by atoms with Gasteiger partial charge in [0.05, 0.1) is 32.0 Å². The second-order valence-corrected chi connectivity index (χ2v) is 17.3. The monoisotopic (exact) mass is 850 g/mol. The van der Waals surface area contributed by atoms with Gasteiger partial charge in [-0.05, 0) is 6.42 Å². The van der Waals surface area contributed by atoms with Crippen LogP contribution in [0.3, 0.4) is 0 Å². The Labute approximate surface area is 355 Å². The highest BCUT2D eigenvalue weighted by Crippen LogP contribution is 2.30. The molecule has 2 aliphatic heterocycles.